The molecule has 0 aliphatic carbocycles. The van der Waals surface area contributed by atoms with Gasteiger partial charge in [0.25, 0.3) is 0 Å². The number of hydrogen-bond acceptors (Lipinski definition) is 4. The highest BCUT2D eigenvalue weighted by Crippen LogP contribution is 2.29. The summed E-state index contributed by atoms with van der Waals surface area (Å²) in [6.45, 7) is 2.69. The van der Waals surface area contributed by atoms with Gasteiger partial charge in [-0.2, -0.15) is 0 Å². The molecule has 0 saturated carbocycles. The van der Waals surface area contributed by atoms with Crippen molar-refractivity contribution < 1.29 is 9.53 Å². The number of nitrogens with two attached hydrogens (primary N) is 1. The summed E-state index contributed by atoms with van der Waals surface area (Å²) in [5.74, 6) is 0.627. The minimum atomic E-state index is -0.0621. The quantitative estimate of drug-likeness (QED) is 0.811. The molecule has 5 heteroatoms. The lowest BCUT2D eigenvalue weighted by molar-refractivity contribution is -0.121. The molecule has 2 atom stereocenters. The molecule has 1 amide bonds. The Morgan fingerprint density at radius 2 is 2.35 bits per heavy atom. The number of ether oxygens (including phenoxy) is 1. The number of carbonyl (C=O) groups is 1. The van der Waals surface area contributed by atoms with Gasteiger partial charge in [-0.1, -0.05) is 6.07 Å². The number of rotatable bonds is 3. The third-order valence-corrected chi connectivity index (χ3v) is 4.27. The van der Waals surface area contributed by atoms with Gasteiger partial charge in [0, 0.05) is 25.0 Å². The van der Waals surface area contributed by atoms with Gasteiger partial charge in [0.15, 0.2) is 0 Å². The summed E-state index contributed by atoms with van der Waals surface area (Å²) in [4.78, 5) is 14.6. The normalized spacial score (nSPS) is 26.4. The molecule has 1 aromatic rings. The Hall–Kier alpha value is -1.59. The predicted molar refractivity (Wildman–Crippen MR) is 78.5 cm³/mol. The maximum absolute atomic E-state index is 12.3. The maximum Gasteiger partial charge on any atom is 0.242 e. The summed E-state index contributed by atoms with van der Waals surface area (Å²) < 4.78 is 5.22. The van der Waals surface area contributed by atoms with Crippen molar-refractivity contribution in [1.82, 2.24) is 4.90 Å². The van der Waals surface area contributed by atoms with Crippen LogP contribution in [0.1, 0.15) is 12.0 Å². The molecule has 2 aliphatic heterocycles. The largest absolute Gasteiger partial charge is 0.399 e. The van der Waals surface area contributed by atoms with E-state index in [-0.39, 0.29) is 11.9 Å². The molecule has 2 aliphatic rings. The molecule has 1 unspecified atom stereocenters. The van der Waals surface area contributed by atoms with Crippen LogP contribution in [0.25, 0.3) is 0 Å². The third-order valence-electron chi connectivity index (χ3n) is 4.27. The van der Waals surface area contributed by atoms with Gasteiger partial charge in [0.1, 0.15) is 0 Å². The summed E-state index contributed by atoms with van der Waals surface area (Å²) in [6.07, 6.45) is 1.87. The molecular formula is C15H21N3O2. The monoisotopic (exact) mass is 275 g/mol. The van der Waals surface area contributed by atoms with E-state index in [9.17, 15) is 4.79 Å². The van der Waals surface area contributed by atoms with Crippen molar-refractivity contribution in [2.24, 2.45) is 5.92 Å². The first-order chi connectivity index (χ1) is 9.67. The van der Waals surface area contributed by atoms with Crippen LogP contribution < -0.4 is 11.1 Å². The van der Waals surface area contributed by atoms with E-state index in [0.29, 0.717) is 11.6 Å². The fourth-order valence-electron chi connectivity index (χ4n) is 3.22. The summed E-state index contributed by atoms with van der Waals surface area (Å²) in [5, 5.41) is 2.98. The fourth-order valence-corrected chi connectivity index (χ4v) is 3.22. The average Bonchev–Trinajstić information content (AvgIpc) is 2.86. The first-order valence-electron chi connectivity index (χ1n) is 7.09. The summed E-state index contributed by atoms with van der Waals surface area (Å²) in [7, 11) is 1.73. The van der Waals surface area contributed by atoms with Crippen LogP contribution in [0.5, 0.6) is 0 Å². The number of likely N-dealkylation sites (tertiary alicyclic amines) is 1. The zero-order valence-corrected chi connectivity index (χ0v) is 11.8. The lowest BCUT2D eigenvalue weighted by Gasteiger charge is -2.31. The first kappa shape index (κ1) is 13.4. The Balaban J connectivity index is 1.73. The number of nitrogen functional groups attached to an aromatic ring is 1. The van der Waals surface area contributed by atoms with E-state index in [1.807, 2.05) is 18.2 Å². The van der Waals surface area contributed by atoms with Crippen LogP contribution in [0.15, 0.2) is 18.2 Å². The van der Waals surface area contributed by atoms with Crippen LogP contribution in [-0.2, 0) is 16.0 Å². The molecule has 0 spiro atoms. The molecule has 3 N–H and O–H groups in total. The van der Waals surface area contributed by atoms with Crippen molar-refractivity contribution in [1.29, 1.82) is 0 Å². The second kappa shape index (κ2) is 5.42. The molecule has 1 aromatic carbocycles. The molecule has 2 heterocycles. The van der Waals surface area contributed by atoms with Crippen molar-refractivity contribution >= 4 is 17.3 Å². The van der Waals surface area contributed by atoms with Gasteiger partial charge in [-0.25, -0.2) is 0 Å². The number of nitrogens with zero attached hydrogens (tertiary/aromatic N) is 1. The molecule has 0 bridgehead atoms. The van der Waals surface area contributed by atoms with E-state index in [1.54, 1.807) is 7.11 Å². The van der Waals surface area contributed by atoms with Crippen LogP contribution in [0, 0.1) is 5.92 Å². The van der Waals surface area contributed by atoms with E-state index in [2.05, 4.69) is 10.2 Å². The standard InChI is InChI=1S/C15H21N3O2/c1-20-9-10-4-5-18(8-10)14-6-11-2-3-12(16)7-13(11)17-15(14)19/h2-3,7,10,14H,4-6,8-9,16H2,1H3,(H,17,19)/t10-,14?/m1/s1. The highest BCUT2D eigenvalue weighted by Gasteiger charge is 2.35. The van der Waals surface area contributed by atoms with Gasteiger partial charge < -0.3 is 15.8 Å². The van der Waals surface area contributed by atoms with Crippen LogP contribution >= 0.6 is 0 Å². The SMILES string of the molecule is COC[C@@H]1CCN(C2Cc3ccc(N)cc3NC2=O)C1. The van der Waals surface area contributed by atoms with E-state index < -0.39 is 0 Å². The number of hydrogen-bond donors (Lipinski definition) is 2. The van der Waals surface area contributed by atoms with Crippen LogP contribution in [-0.4, -0.2) is 43.7 Å². The lowest BCUT2D eigenvalue weighted by Crippen LogP contribution is -2.47. The first-order valence-corrected chi connectivity index (χ1v) is 7.09. The molecule has 0 radical (unpaired) electrons. The van der Waals surface area contributed by atoms with Gasteiger partial charge >= 0.3 is 0 Å². The van der Waals surface area contributed by atoms with Crippen molar-refractivity contribution in [2.45, 2.75) is 18.9 Å². The molecule has 20 heavy (non-hydrogen) atoms. The minimum Gasteiger partial charge on any atom is -0.399 e. The van der Waals surface area contributed by atoms with E-state index in [0.717, 1.165) is 38.2 Å². The van der Waals surface area contributed by atoms with Gasteiger partial charge in [-0.3, -0.25) is 9.69 Å². The van der Waals surface area contributed by atoms with E-state index in [1.165, 1.54) is 5.56 Å². The van der Waals surface area contributed by atoms with Crippen molar-refractivity contribution in [3.8, 4) is 0 Å². The van der Waals surface area contributed by atoms with E-state index >= 15 is 0 Å². The number of anilines is 2. The number of carbonyl (C=O) groups excluding carboxylic acids is 1. The third kappa shape index (κ3) is 2.51. The molecule has 1 saturated heterocycles. The number of fused-ring (bicyclic) bond motifs is 1. The zero-order chi connectivity index (χ0) is 14.1. The predicted octanol–water partition coefficient (Wildman–Crippen LogP) is 1.10. The molecular weight excluding hydrogens is 254 g/mol. The Morgan fingerprint density at radius 1 is 1.50 bits per heavy atom. The fraction of sp³-hybridized carbons (Fsp3) is 0.533. The molecule has 108 valence electrons. The summed E-state index contributed by atoms with van der Waals surface area (Å²) >= 11 is 0. The minimum absolute atomic E-state index is 0.0621. The number of nitrogens with one attached hydrogen (secondary N) is 1. The van der Waals surface area contributed by atoms with Crippen molar-refractivity contribution in [3.63, 3.8) is 0 Å². The highest BCUT2D eigenvalue weighted by molar-refractivity contribution is 5.98. The van der Waals surface area contributed by atoms with Crippen molar-refractivity contribution in [2.75, 3.05) is 37.9 Å². The molecule has 0 aromatic heterocycles. The van der Waals surface area contributed by atoms with Crippen LogP contribution in [0.3, 0.4) is 0 Å². The molecule has 5 nitrogen and oxygen atoms in total. The zero-order valence-electron chi connectivity index (χ0n) is 11.8. The smallest absolute Gasteiger partial charge is 0.242 e. The Morgan fingerprint density at radius 3 is 3.15 bits per heavy atom. The summed E-state index contributed by atoms with van der Waals surface area (Å²) in [6, 6.07) is 5.68. The second-order valence-corrected chi connectivity index (χ2v) is 5.73. The lowest BCUT2D eigenvalue weighted by atomic mass is 9.97. The average molecular weight is 275 g/mol. The topological polar surface area (TPSA) is 67.6 Å². The number of methoxy groups -OCH3 is 1. The Labute approximate surface area is 119 Å². The Bertz CT molecular complexity index is 518. The van der Waals surface area contributed by atoms with Gasteiger partial charge in [-0.15, -0.1) is 0 Å². The van der Waals surface area contributed by atoms with Crippen molar-refractivity contribution in [3.05, 3.63) is 23.8 Å². The van der Waals surface area contributed by atoms with Crippen LogP contribution in [0.2, 0.25) is 0 Å². The number of benzene rings is 1. The van der Waals surface area contributed by atoms with Gasteiger partial charge in [-0.05, 0) is 43.0 Å². The molecule has 3 rings (SSSR count). The van der Waals surface area contributed by atoms with E-state index in [4.69, 9.17) is 10.5 Å². The number of amides is 1. The van der Waals surface area contributed by atoms with Gasteiger partial charge in [0.2, 0.25) is 5.91 Å². The van der Waals surface area contributed by atoms with Crippen LogP contribution in [0.4, 0.5) is 11.4 Å². The molecule has 1 fully saturated rings. The maximum atomic E-state index is 12.3. The summed E-state index contributed by atoms with van der Waals surface area (Å²) in [5.41, 5.74) is 8.47. The highest BCUT2D eigenvalue weighted by atomic mass is 16.5. The second-order valence-electron chi connectivity index (χ2n) is 5.73. The van der Waals surface area contributed by atoms with Gasteiger partial charge in [0.05, 0.1) is 12.6 Å². The Kier molecular flexibility index (Phi) is 3.63.